The molecule has 0 bridgehead atoms. The molecule has 1 fully saturated rings. The molecule has 1 aromatic carbocycles. The molecule has 0 saturated carbocycles. The van der Waals surface area contributed by atoms with E-state index in [4.69, 9.17) is 39.8 Å². The summed E-state index contributed by atoms with van der Waals surface area (Å²) in [4.78, 5) is 2.42. The molecule has 5 nitrogen and oxygen atoms in total. The monoisotopic (exact) mass is 410 g/mol. The second-order valence-corrected chi connectivity index (χ2v) is 7.23. The van der Waals surface area contributed by atoms with Crippen LogP contribution in [-0.4, -0.2) is 42.4 Å². The van der Waals surface area contributed by atoms with Gasteiger partial charge in [-0.2, -0.15) is 5.10 Å². The Hall–Kier alpha value is -1.60. The second-order valence-electron chi connectivity index (χ2n) is 6.01. The highest BCUT2D eigenvalue weighted by molar-refractivity contribution is 7.80. The van der Waals surface area contributed by atoms with E-state index >= 15 is 0 Å². The summed E-state index contributed by atoms with van der Waals surface area (Å²) in [7, 11) is 0. The Balaban J connectivity index is 1.45. The number of thiocarbonyl (C=S) groups is 1. The van der Waals surface area contributed by atoms with Crippen molar-refractivity contribution >= 4 is 46.7 Å². The second kappa shape index (κ2) is 9.37. The quantitative estimate of drug-likeness (QED) is 0.425. The van der Waals surface area contributed by atoms with Crippen molar-refractivity contribution in [3.05, 3.63) is 46.1 Å². The molecule has 8 heteroatoms. The molecule has 1 aliphatic heterocycles. The van der Waals surface area contributed by atoms with Gasteiger partial charge in [0.05, 0.1) is 16.3 Å². The summed E-state index contributed by atoms with van der Waals surface area (Å²) in [5.74, 6) is 1.30. The van der Waals surface area contributed by atoms with E-state index in [1.165, 1.54) is 25.9 Å². The third-order valence-corrected chi connectivity index (χ3v) is 5.08. The Bertz CT molecular complexity index is 787. The van der Waals surface area contributed by atoms with Crippen LogP contribution in [0.3, 0.4) is 0 Å². The molecule has 2 aromatic rings. The van der Waals surface area contributed by atoms with Gasteiger partial charge in [-0.15, -0.1) is 0 Å². The Morgan fingerprint density at radius 2 is 2.00 bits per heavy atom. The van der Waals surface area contributed by atoms with Gasteiger partial charge in [-0.05, 0) is 68.5 Å². The summed E-state index contributed by atoms with van der Waals surface area (Å²) >= 11 is 17.2. The smallest absolute Gasteiger partial charge is 0.187 e. The van der Waals surface area contributed by atoms with Crippen LogP contribution in [0.2, 0.25) is 10.0 Å². The van der Waals surface area contributed by atoms with Crippen molar-refractivity contribution in [1.29, 1.82) is 0 Å². The van der Waals surface area contributed by atoms with Gasteiger partial charge in [0.25, 0.3) is 0 Å². The van der Waals surface area contributed by atoms with E-state index in [0.29, 0.717) is 26.7 Å². The molecule has 0 aliphatic carbocycles. The van der Waals surface area contributed by atoms with Crippen LogP contribution >= 0.6 is 35.4 Å². The van der Waals surface area contributed by atoms with Crippen LogP contribution < -0.4 is 10.7 Å². The van der Waals surface area contributed by atoms with E-state index in [0.717, 1.165) is 18.7 Å². The number of rotatable bonds is 6. The van der Waals surface area contributed by atoms with Crippen molar-refractivity contribution in [3.63, 3.8) is 0 Å². The van der Waals surface area contributed by atoms with Crippen LogP contribution in [0.25, 0.3) is 11.3 Å². The van der Waals surface area contributed by atoms with Crippen LogP contribution in [0, 0.1) is 0 Å². The molecule has 26 heavy (non-hydrogen) atoms. The molecular formula is C18H20Cl2N4OS. The zero-order chi connectivity index (χ0) is 18.4. The van der Waals surface area contributed by atoms with Gasteiger partial charge in [-0.1, -0.05) is 23.2 Å². The average Bonchev–Trinajstić information content (AvgIpc) is 3.29. The molecule has 0 radical (unpaired) electrons. The van der Waals surface area contributed by atoms with E-state index < -0.39 is 0 Å². The van der Waals surface area contributed by atoms with E-state index in [2.05, 4.69) is 20.7 Å². The van der Waals surface area contributed by atoms with Crippen molar-refractivity contribution in [2.75, 3.05) is 26.2 Å². The maximum Gasteiger partial charge on any atom is 0.187 e. The van der Waals surface area contributed by atoms with Gasteiger partial charge in [-0.25, -0.2) is 0 Å². The van der Waals surface area contributed by atoms with Crippen LogP contribution in [0.5, 0.6) is 0 Å². The normalized spacial score (nSPS) is 14.8. The van der Waals surface area contributed by atoms with Crippen molar-refractivity contribution in [2.45, 2.75) is 12.8 Å². The molecule has 0 unspecified atom stereocenters. The Kier molecular flexibility index (Phi) is 6.91. The van der Waals surface area contributed by atoms with Gasteiger partial charge in [0.2, 0.25) is 0 Å². The number of benzene rings is 1. The molecule has 3 rings (SSSR count). The molecule has 1 aromatic heterocycles. The Labute approximate surface area is 168 Å². The number of likely N-dealkylation sites (tertiary alicyclic amines) is 1. The van der Waals surface area contributed by atoms with Gasteiger partial charge in [0.1, 0.15) is 11.5 Å². The molecule has 0 atom stereocenters. The van der Waals surface area contributed by atoms with Crippen LogP contribution in [-0.2, 0) is 0 Å². The van der Waals surface area contributed by atoms with Gasteiger partial charge in [0, 0.05) is 18.7 Å². The van der Waals surface area contributed by atoms with E-state index in [1.807, 2.05) is 18.2 Å². The van der Waals surface area contributed by atoms with E-state index in [9.17, 15) is 0 Å². The SMILES string of the molecule is S=C(NCCN1CCCC1)NN=Cc1ccc(-c2ccc(Cl)c(Cl)c2)o1. The summed E-state index contributed by atoms with van der Waals surface area (Å²) in [6, 6.07) is 9.04. The summed E-state index contributed by atoms with van der Waals surface area (Å²) in [6.45, 7) is 4.17. The predicted molar refractivity (Wildman–Crippen MR) is 111 cm³/mol. The van der Waals surface area contributed by atoms with Crippen molar-refractivity contribution in [1.82, 2.24) is 15.6 Å². The first-order valence-corrected chi connectivity index (χ1v) is 9.63. The summed E-state index contributed by atoms with van der Waals surface area (Å²) in [6.07, 6.45) is 4.16. The highest BCUT2D eigenvalue weighted by Gasteiger charge is 2.10. The molecule has 1 saturated heterocycles. The van der Waals surface area contributed by atoms with Crippen LogP contribution in [0.4, 0.5) is 0 Å². The maximum absolute atomic E-state index is 6.04. The van der Waals surface area contributed by atoms with E-state index in [-0.39, 0.29) is 0 Å². The summed E-state index contributed by atoms with van der Waals surface area (Å²) in [5, 5.41) is 8.74. The van der Waals surface area contributed by atoms with Gasteiger partial charge in [0.15, 0.2) is 5.11 Å². The first-order chi connectivity index (χ1) is 12.6. The highest BCUT2D eigenvalue weighted by atomic mass is 35.5. The van der Waals surface area contributed by atoms with Gasteiger partial charge >= 0.3 is 0 Å². The third-order valence-electron chi connectivity index (χ3n) is 4.10. The fraction of sp³-hybridized carbons (Fsp3) is 0.333. The molecule has 2 N–H and O–H groups in total. The van der Waals surface area contributed by atoms with Crippen molar-refractivity contribution in [3.8, 4) is 11.3 Å². The predicted octanol–water partition coefficient (Wildman–Crippen LogP) is 4.15. The third kappa shape index (κ3) is 5.45. The zero-order valence-corrected chi connectivity index (χ0v) is 16.5. The maximum atomic E-state index is 6.04. The minimum absolute atomic E-state index is 0.489. The summed E-state index contributed by atoms with van der Waals surface area (Å²) in [5.41, 5.74) is 3.65. The largest absolute Gasteiger partial charge is 0.455 e. The number of hydrogen-bond acceptors (Lipinski definition) is 4. The van der Waals surface area contributed by atoms with Crippen LogP contribution in [0.15, 0.2) is 39.9 Å². The minimum Gasteiger partial charge on any atom is -0.455 e. The Morgan fingerprint density at radius 3 is 2.77 bits per heavy atom. The lowest BCUT2D eigenvalue weighted by Gasteiger charge is -2.15. The molecule has 0 spiro atoms. The number of hydrazone groups is 1. The zero-order valence-electron chi connectivity index (χ0n) is 14.2. The Morgan fingerprint density at radius 1 is 1.19 bits per heavy atom. The van der Waals surface area contributed by atoms with Crippen LogP contribution in [0.1, 0.15) is 18.6 Å². The molecule has 0 amide bonds. The number of hydrogen-bond donors (Lipinski definition) is 2. The average molecular weight is 411 g/mol. The lowest BCUT2D eigenvalue weighted by Crippen LogP contribution is -2.37. The number of furan rings is 1. The number of halogens is 2. The number of nitrogens with zero attached hydrogens (tertiary/aromatic N) is 2. The fourth-order valence-corrected chi connectivity index (χ4v) is 3.21. The van der Waals surface area contributed by atoms with Gasteiger partial charge < -0.3 is 14.6 Å². The van der Waals surface area contributed by atoms with Crippen molar-refractivity contribution in [2.24, 2.45) is 5.10 Å². The van der Waals surface area contributed by atoms with Gasteiger partial charge in [-0.3, -0.25) is 5.43 Å². The van der Waals surface area contributed by atoms with E-state index in [1.54, 1.807) is 18.3 Å². The molecule has 2 heterocycles. The summed E-state index contributed by atoms with van der Waals surface area (Å²) < 4.78 is 5.73. The van der Waals surface area contributed by atoms with Crippen molar-refractivity contribution < 1.29 is 4.42 Å². The lowest BCUT2D eigenvalue weighted by atomic mass is 10.2. The first kappa shape index (κ1) is 19.2. The number of nitrogens with one attached hydrogen (secondary N) is 2. The molecular weight excluding hydrogens is 391 g/mol. The first-order valence-electron chi connectivity index (χ1n) is 8.46. The minimum atomic E-state index is 0.489. The fourth-order valence-electron chi connectivity index (χ4n) is 2.75. The topological polar surface area (TPSA) is 52.8 Å². The molecule has 138 valence electrons. The molecule has 1 aliphatic rings. The lowest BCUT2D eigenvalue weighted by molar-refractivity contribution is 0.343. The highest BCUT2D eigenvalue weighted by Crippen LogP contribution is 2.29. The standard InChI is InChI=1S/C18H20Cl2N4OS/c19-15-5-3-13(11-16(15)20)17-6-4-14(25-17)12-22-23-18(26)21-7-10-24-8-1-2-9-24/h3-6,11-12H,1-2,7-10H2,(H2,21,23,26).